The van der Waals surface area contributed by atoms with Crippen molar-refractivity contribution in [1.29, 1.82) is 0 Å². The van der Waals surface area contributed by atoms with Crippen LogP contribution in [-0.2, 0) is 6.18 Å². The molecule has 0 unspecified atom stereocenters. The molecule has 4 rings (SSSR count). The molecule has 2 heterocycles. The van der Waals surface area contributed by atoms with Gasteiger partial charge in [0.2, 0.25) is 0 Å². The summed E-state index contributed by atoms with van der Waals surface area (Å²) in [6.07, 6.45) is -4.43. The lowest BCUT2D eigenvalue weighted by Gasteiger charge is -2.21. The average molecular weight is 385 g/mol. The number of para-hydroxylation sites is 1. The van der Waals surface area contributed by atoms with E-state index >= 15 is 0 Å². The fourth-order valence-electron chi connectivity index (χ4n) is 3.34. The molecule has 0 amide bonds. The maximum Gasteiger partial charge on any atom is 0.416 e. The Kier molecular flexibility index (Phi) is 4.41. The van der Waals surface area contributed by atoms with Crippen molar-refractivity contribution in [2.75, 3.05) is 18.0 Å². The van der Waals surface area contributed by atoms with Crippen LogP contribution in [0.15, 0.2) is 48.5 Å². The number of aromatic nitrogens is 4. The fraction of sp³-hybridized carbons (Fsp3) is 0.250. The number of hydrogen-bond acceptors (Lipinski definition) is 4. The Hall–Kier alpha value is -3.16. The van der Waals surface area contributed by atoms with Crippen molar-refractivity contribution in [3.63, 3.8) is 0 Å². The fourth-order valence-corrected chi connectivity index (χ4v) is 3.34. The van der Waals surface area contributed by atoms with Gasteiger partial charge in [-0.25, -0.2) is 4.98 Å². The molecular formula is C20H18F3N5. The number of hydrogen-bond donors (Lipinski definition) is 0. The van der Waals surface area contributed by atoms with E-state index in [-0.39, 0.29) is 0 Å². The maximum atomic E-state index is 13.1. The van der Waals surface area contributed by atoms with E-state index in [0.717, 1.165) is 41.9 Å². The van der Waals surface area contributed by atoms with Gasteiger partial charge in [0.1, 0.15) is 11.5 Å². The lowest BCUT2D eigenvalue weighted by Crippen LogP contribution is -2.23. The molecule has 0 N–H and O–H groups in total. The van der Waals surface area contributed by atoms with Crippen molar-refractivity contribution in [2.45, 2.75) is 20.0 Å². The molecular weight excluding hydrogens is 367 g/mol. The lowest BCUT2D eigenvalue weighted by atomic mass is 10.1. The van der Waals surface area contributed by atoms with Crippen LogP contribution in [0.1, 0.15) is 19.4 Å². The standard InChI is InChI=1S/C20H18F3N5/c1-3-27(4-2)18-15-10-5-6-11-16(15)28-19(24-18)17(25-26-28)13-8-7-9-14(12-13)20(21,22)23/h5-12H,3-4H2,1-2H3. The number of halogens is 3. The van der Waals surface area contributed by atoms with Crippen LogP contribution in [0.3, 0.4) is 0 Å². The van der Waals surface area contributed by atoms with Gasteiger partial charge in [-0.05, 0) is 38.1 Å². The van der Waals surface area contributed by atoms with E-state index in [0.29, 0.717) is 16.9 Å². The third-order valence-corrected chi connectivity index (χ3v) is 4.76. The second kappa shape index (κ2) is 6.78. The van der Waals surface area contributed by atoms with Gasteiger partial charge in [0, 0.05) is 24.0 Å². The Morgan fingerprint density at radius 2 is 1.75 bits per heavy atom. The maximum absolute atomic E-state index is 13.1. The Bertz CT molecular complexity index is 1150. The van der Waals surface area contributed by atoms with Crippen LogP contribution in [0.25, 0.3) is 27.8 Å². The second-order valence-corrected chi connectivity index (χ2v) is 6.38. The smallest absolute Gasteiger partial charge is 0.357 e. The molecule has 0 aliphatic heterocycles. The molecule has 0 fully saturated rings. The molecule has 0 saturated carbocycles. The first-order valence-corrected chi connectivity index (χ1v) is 9.00. The number of fused-ring (bicyclic) bond motifs is 3. The van der Waals surface area contributed by atoms with Gasteiger partial charge >= 0.3 is 6.18 Å². The second-order valence-electron chi connectivity index (χ2n) is 6.38. The molecule has 8 heteroatoms. The van der Waals surface area contributed by atoms with Crippen molar-refractivity contribution in [2.24, 2.45) is 0 Å². The average Bonchev–Trinajstić information content (AvgIpc) is 3.12. The van der Waals surface area contributed by atoms with Gasteiger partial charge in [0.05, 0.1) is 11.1 Å². The minimum Gasteiger partial charge on any atom is -0.357 e. The van der Waals surface area contributed by atoms with Gasteiger partial charge < -0.3 is 4.90 Å². The normalized spacial score (nSPS) is 12.0. The summed E-state index contributed by atoms with van der Waals surface area (Å²) < 4.78 is 41.0. The monoisotopic (exact) mass is 385 g/mol. The zero-order valence-electron chi connectivity index (χ0n) is 15.4. The Morgan fingerprint density at radius 3 is 2.46 bits per heavy atom. The summed E-state index contributed by atoms with van der Waals surface area (Å²) in [5.41, 5.74) is 1.17. The van der Waals surface area contributed by atoms with E-state index in [1.54, 1.807) is 10.6 Å². The number of alkyl halides is 3. The molecule has 0 atom stereocenters. The highest BCUT2D eigenvalue weighted by atomic mass is 19.4. The van der Waals surface area contributed by atoms with Crippen LogP contribution >= 0.6 is 0 Å². The van der Waals surface area contributed by atoms with Crippen LogP contribution in [0.2, 0.25) is 0 Å². The first-order chi connectivity index (χ1) is 13.4. The molecule has 0 radical (unpaired) electrons. The molecule has 0 aliphatic rings. The summed E-state index contributed by atoms with van der Waals surface area (Å²) >= 11 is 0. The number of benzene rings is 2. The van der Waals surface area contributed by atoms with Crippen molar-refractivity contribution < 1.29 is 13.2 Å². The molecule has 144 valence electrons. The van der Waals surface area contributed by atoms with Crippen molar-refractivity contribution >= 4 is 22.4 Å². The van der Waals surface area contributed by atoms with Crippen LogP contribution in [0.5, 0.6) is 0 Å². The molecule has 0 aliphatic carbocycles. The van der Waals surface area contributed by atoms with E-state index in [9.17, 15) is 13.2 Å². The predicted molar refractivity (Wildman–Crippen MR) is 102 cm³/mol. The summed E-state index contributed by atoms with van der Waals surface area (Å²) in [5.74, 6) is 0.767. The molecule has 28 heavy (non-hydrogen) atoms. The highest BCUT2D eigenvalue weighted by Crippen LogP contribution is 2.34. The third-order valence-electron chi connectivity index (χ3n) is 4.76. The molecule has 0 saturated heterocycles. The van der Waals surface area contributed by atoms with Gasteiger partial charge in [-0.15, -0.1) is 5.10 Å². The van der Waals surface area contributed by atoms with Gasteiger partial charge in [0.15, 0.2) is 5.65 Å². The topological polar surface area (TPSA) is 46.3 Å². The van der Waals surface area contributed by atoms with Gasteiger partial charge in [-0.1, -0.05) is 29.5 Å². The zero-order chi connectivity index (χ0) is 19.9. The van der Waals surface area contributed by atoms with E-state index in [2.05, 4.69) is 15.2 Å². The highest BCUT2D eigenvalue weighted by molar-refractivity contribution is 5.93. The first kappa shape index (κ1) is 18.2. The van der Waals surface area contributed by atoms with E-state index in [1.807, 2.05) is 38.1 Å². The molecule has 2 aromatic carbocycles. The minimum absolute atomic E-state index is 0.324. The van der Waals surface area contributed by atoms with Crippen LogP contribution in [0.4, 0.5) is 19.0 Å². The molecule has 4 aromatic rings. The number of nitrogens with zero attached hydrogens (tertiary/aromatic N) is 5. The summed E-state index contributed by atoms with van der Waals surface area (Å²) in [5, 5.41) is 9.24. The Morgan fingerprint density at radius 1 is 1.00 bits per heavy atom. The summed E-state index contributed by atoms with van der Waals surface area (Å²) in [7, 11) is 0. The molecule has 5 nitrogen and oxygen atoms in total. The summed E-state index contributed by atoms with van der Waals surface area (Å²) in [6.45, 7) is 5.58. The summed E-state index contributed by atoms with van der Waals surface area (Å²) in [6, 6.07) is 12.8. The summed E-state index contributed by atoms with van der Waals surface area (Å²) in [4.78, 5) is 6.86. The Balaban J connectivity index is 2.00. The van der Waals surface area contributed by atoms with E-state index in [1.165, 1.54) is 6.07 Å². The number of rotatable bonds is 4. The third kappa shape index (κ3) is 2.94. The predicted octanol–water partition coefficient (Wildman–Crippen LogP) is 4.81. The van der Waals surface area contributed by atoms with Crippen LogP contribution < -0.4 is 4.90 Å². The van der Waals surface area contributed by atoms with E-state index in [4.69, 9.17) is 4.98 Å². The quantitative estimate of drug-likeness (QED) is 0.506. The zero-order valence-corrected chi connectivity index (χ0v) is 15.4. The van der Waals surface area contributed by atoms with Crippen molar-refractivity contribution in [3.05, 3.63) is 54.1 Å². The molecule has 2 aromatic heterocycles. The number of anilines is 1. The minimum atomic E-state index is -4.43. The van der Waals surface area contributed by atoms with Gasteiger partial charge in [-0.2, -0.15) is 17.7 Å². The molecule has 0 bridgehead atoms. The van der Waals surface area contributed by atoms with Crippen LogP contribution in [-0.4, -0.2) is 32.9 Å². The highest BCUT2D eigenvalue weighted by Gasteiger charge is 2.31. The Labute approximate surface area is 159 Å². The van der Waals surface area contributed by atoms with Crippen molar-refractivity contribution in [1.82, 2.24) is 19.8 Å². The van der Waals surface area contributed by atoms with Crippen LogP contribution in [0, 0.1) is 0 Å². The van der Waals surface area contributed by atoms with E-state index < -0.39 is 11.7 Å². The lowest BCUT2D eigenvalue weighted by molar-refractivity contribution is -0.137. The van der Waals surface area contributed by atoms with Gasteiger partial charge in [-0.3, -0.25) is 0 Å². The SMILES string of the molecule is CCN(CC)c1nc2c(-c3cccc(C(F)(F)F)c3)nnn2c2ccccc12. The van der Waals surface area contributed by atoms with Crippen molar-refractivity contribution in [3.8, 4) is 11.3 Å². The van der Waals surface area contributed by atoms with Gasteiger partial charge in [0.25, 0.3) is 0 Å². The molecule has 0 spiro atoms. The first-order valence-electron chi connectivity index (χ1n) is 9.00. The largest absolute Gasteiger partial charge is 0.416 e.